The van der Waals surface area contributed by atoms with Crippen molar-refractivity contribution in [3.8, 4) is 11.5 Å². The summed E-state index contributed by atoms with van der Waals surface area (Å²) in [5, 5.41) is 2.80. The molecule has 0 bridgehead atoms. The van der Waals surface area contributed by atoms with E-state index in [1.54, 1.807) is 4.90 Å². The number of urea groups is 1. The average Bonchev–Trinajstić information content (AvgIpc) is 2.51. The highest BCUT2D eigenvalue weighted by atomic mass is 16.5. The van der Waals surface area contributed by atoms with Crippen LogP contribution in [0.25, 0.3) is 0 Å². The zero-order chi connectivity index (χ0) is 14.7. The molecule has 0 unspecified atom stereocenters. The Morgan fingerprint density at radius 1 is 1.05 bits per heavy atom. The number of ether oxygens (including phenoxy) is 1. The van der Waals surface area contributed by atoms with Crippen molar-refractivity contribution < 1.29 is 9.53 Å². The van der Waals surface area contributed by atoms with Gasteiger partial charge in [-0.25, -0.2) is 4.79 Å². The van der Waals surface area contributed by atoms with E-state index in [1.165, 1.54) is 0 Å². The monoisotopic (exact) mass is 280 g/mol. The molecule has 2 aromatic rings. The summed E-state index contributed by atoms with van der Waals surface area (Å²) in [6.45, 7) is 4.97. The van der Waals surface area contributed by atoms with E-state index in [9.17, 15) is 4.79 Å². The minimum Gasteiger partial charge on any atom is -0.455 e. The lowest BCUT2D eigenvalue weighted by Gasteiger charge is -2.30. The molecule has 2 amide bonds. The molecular formula is C17H16N2O2. The molecule has 3 rings (SSSR count). The van der Waals surface area contributed by atoms with Crippen LogP contribution in [0, 0.1) is 0 Å². The lowest BCUT2D eigenvalue weighted by atomic mass is 10.2. The molecule has 1 heterocycles. The summed E-state index contributed by atoms with van der Waals surface area (Å²) < 4.78 is 5.89. The number of nitrogens with one attached hydrogen (secondary N) is 1. The normalized spacial score (nSPS) is 14.8. The topological polar surface area (TPSA) is 41.6 Å². The molecule has 1 aliphatic rings. The van der Waals surface area contributed by atoms with E-state index < -0.39 is 0 Å². The second kappa shape index (κ2) is 5.71. The Balaban J connectivity index is 1.92. The summed E-state index contributed by atoms with van der Waals surface area (Å²) >= 11 is 0. The molecule has 1 saturated heterocycles. The molecule has 0 radical (unpaired) electrons. The van der Waals surface area contributed by atoms with Crippen molar-refractivity contribution in [2.75, 3.05) is 18.0 Å². The lowest BCUT2D eigenvalue weighted by Crippen LogP contribution is -2.47. The van der Waals surface area contributed by atoms with Crippen LogP contribution < -0.4 is 15.0 Å². The summed E-state index contributed by atoms with van der Waals surface area (Å²) in [6, 6.07) is 16.9. The van der Waals surface area contributed by atoms with Gasteiger partial charge in [0.1, 0.15) is 5.75 Å². The van der Waals surface area contributed by atoms with E-state index in [0.29, 0.717) is 18.8 Å². The van der Waals surface area contributed by atoms with Crippen molar-refractivity contribution in [3.05, 3.63) is 66.7 Å². The Hall–Kier alpha value is -2.75. The molecule has 21 heavy (non-hydrogen) atoms. The van der Waals surface area contributed by atoms with Gasteiger partial charge in [0.05, 0.1) is 12.2 Å². The molecule has 1 N–H and O–H groups in total. The third kappa shape index (κ3) is 2.89. The van der Waals surface area contributed by atoms with Gasteiger partial charge < -0.3 is 10.1 Å². The third-order valence-corrected chi connectivity index (χ3v) is 3.24. The molecular weight excluding hydrogens is 264 g/mol. The van der Waals surface area contributed by atoms with Crippen molar-refractivity contribution in [2.24, 2.45) is 0 Å². The predicted octanol–water partition coefficient (Wildman–Crippen LogP) is 3.56. The van der Waals surface area contributed by atoms with Gasteiger partial charge in [-0.15, -0.1) is 0 Å². The van der Waals surface area contributed by atoms with Gasteiger partial charge in [-0.1, -0.05) is 36.9 Å². The number of para-hydroxylation sites is 3. The zero-order valence-electron chi connectivity index (χ0n) is 11.6. The van der Waals surface area contributed by atoms with E-state index in [0.717, 1.165) is 17.0 Å². The van der Waals surface area contributed by atoms with Crippen molar-refractivity contribution in [3.63, 3.8) is 0 Å². The SMILES string of the molecule is C=C1CNC(=O)N(c2ccccc2Oc2ccccc2)C1. The van der Waals surface area contributed by atoms with Gasteiger partial charge in [-0.2, -0.15) is 0 Å². The first-order chi connectivity index (χ1) is 10.2. The van der Waals surface area contributed by atoms with E-state index in [4.69, 9.17) is 4.74 Å². The number of benzene rings is 2. The van der Waals surface area contributed by atoms with Gasteiger partial charge in [0, 0.05) is 6.54 Å². The number of carbonyl (C=O) groups is 1. The average molecular weight is 280 g/mol. The highest BCUT2D eigenvalue weighted by molar-refractivity contribution is 5.95. The number of carbonyl (C=O) groups excluding carboxylic acids is 1. The van der Waals surface area contributed by atoms with Gasteiger partial charge in [-0.05, 0) is 29.8 Å². The number of anilines is 1. The number of hydrogen-bond acceptors (Lipinski definition) is 2. The van der Waals surface area contributed by atoms with Crippen LogP contribution in [0.15, 0.2) is 66.7 Å². The summed E-state index contributed by atoms with van der Waals surface area (Å²) in [6.07, 6.45) is 0. The van der Waals surface area contributed by atoms with Gasteiger partial charge in [0.25, 0.3) is 0 Å². The van der Waals surface area contributed by atoms with Crippen molar-refractivity contribution in [1.82, 2.24) is 5.32 Å². The van der Waals surface area contributed by atoms with Crippen LogP contribution >= 0.6 is 0 Å². The molecule has 106 valence electrons. The van der Waals surface area contributed by atoms with Crippen LogP contribution in [0.4, 0.5) is 10.5 Å². The molecule has 0 saturated carbocycles. The smallest absolute Gasteiger partial charge is 0.322 e. The van der Waals surface area contributed by atoms with Crippen molar-refractivity contribution in [1.29, 1.82) is 0 Å². The lowest BCUT2D eigenvalue weighted by molar-refractivity contribution is 0.245. The second-order valence-corrected chi connectivity index (χ2v) is 4.88. The van der Waals surface area contributed by atoms with Crippen LogP contribution in [0.2, 0.25) is 0 Å². The van der Waals surface area contributed by atoms with Gasteiger partial charge in [-0.3, -0.25) is 4.90 Å². The molecule has 0 spiro atoms. The highest BCUT2D eigenvalue weighted by Crippen LogP contribution is 2.33. The Morgan fingerprint density at radius 3 is 2.57 bits per heavy atom. The number of rotatable bonds is 3. The molecule has 0 atom stereocenters. The molecule has 4 nitrogen and oxygen atoms in total. The summed E-state index contributed by atoms with van der Waals surface area (Å²) in [4.78, 5) is 13.7. The van der Waals surface area contributed by atoms with Gasteiger partial charge >= 0.3 is 6.03 Å². The van der Waals surface area contributed by atoms with Crippen molar-refractivity contribution in [2.45, 2.75) is 0 Å². The van der Waals surface area contributed by atoms with E-state index in [1.807, 2.05) is 54.6 Å². The van der Waals surface area contributed by atoms with E-state index in [2.05, 4.69) is 11.9 Å². The maximum absolute atomic E-state index is 12.1. The molecule has 2 aromatic carbocycles. The number of amides is 2. The second-order valence-electron chi connectivity index (χ2n) is 4.88. The van der Waals surface area contributed by atoms with Crippen molar-refractivity contribution >= 4 is 11.7 Å². The largest absolute Gasteiger partial charge is 0.455 e. The third-order valence-electron chi connectivity index (χ3n) is 3.24. The fraction of sp³-hybridized carbons (Fsp3) is 0.118. The van der Waals surface area contributed by atoms with E-state index in [-0.39, 0.29) is 6.03 Å². The standard InChI is InChI=1S/C17H16N2O2/c1-13-11-18-17(20)19(12-13)15-9-5-6-10-16(15)21-14-7-3-2-4-8-14/h2-10H,1,11-12H2,(H,18,20). The molecule has 1 aliphatic heterocycles. The first-order valence-corrected chi connectivity index (χ1v) is 6.78. The van der Waals surface area contributed by atoms with Crippen LogP contribution in [-0.2, 0) is 0 Å². The Morgan fingerprint density at radius 2 is 1.76 bits per heavy atom. The minimum atomic E-state index is -0.133. The van der Waals surface area contributed by atoms with Crippen LogP contribution in [0.5, 0.6) is 11.5 Å². The summed E-state index contributed by atoms with van der Waals surface area (Å²) in [5.41, 5.74) is 1.70. The van der Waals surface area contributed by atoms with Gasteiger partial charge in [0.2, 0.25) is 0 Å². The Kier molecular flexibility index (Phi) is 3.60. The number of nitrogens with zero attached hydrogens (tertiary/aromatic N) is 1. The maximum Gasteiger partial charge on any atom is 0.322 e. The van der Waals surface area contributed by atoms with Crippen LogP contribution in [0.3, 0.4) is 0 Å². The molecule has 1 fully saturated rings. The van der Waals surface area contributed by atoms with Crippen LogP contribution in [-0.4, -0.2) is 19.1 Å². The molecule has 4 heteroatoms. The first kappa shape index (κ1) is 13.2. The van der Waals surface area contributed by atoms with Gasteiger partial charge in [0.15, 0.2) is 5.75 Å². The predicted molar refractivity (Wildman–Crippen MR) is 82.8 cm³/mol. The highest BCUT2D eigenvalue weighted by Gasteiger charge is 2.24. The summed E-state index contributed by atoms with van der Waals surface area (Å²) in [5.74, 6) is 1.38. The zero-order valence-corrected chi connectivity index (χ0v) is 11.6. The fourth-order valence-corrected chi connectivity index (χ4v) is 2.22. The molecule has 0 aliphatic carbocycles. The quantitative estimate of drug-likeness (QED) is 0.873. The summed E-state index contributed by atoms with van der Waals surface area (Å²) in [7, 11) is 0. The number of hydrogen-bond donors (Lipinski definition) is 1. The molecule has 0 aromatic heterocycles. The van der Waals surface area contributed by atoms with Crippen LogP contribution in [0.1, 0.15) is 0 Å². The van der Waals surface area contributed by atoms with E-state index >= 15 is 0 Å². The first-order valence-electron chi connectivity index (χ1n) is 6.78. The minimum absolute atomic E-state index is 0.133. The Labute approximate surface area is 123 Å². The maximum atomic E-state index is 12.1. The fourth-order valence-electron chi connectivity index (χ4n) is 2.22. The Bertz CT molecular complexity index is 668.